The molecular weight excluding hydrogens is 268 g/mol. The van der Waals surface area contributed by atoms with E-state index in [4.69, 9.17) is 5.84 Å². The van der Waals surface area contributed by atoms with Gasteiger partial charge in [-0.1, -0.05) is 30.3 Å². The van der Waals surface area contributed by atoms with Crippen LogP contribution in [0.3, 0.4) is 0 Å². The van der Waals surface area contributed by atoms with Gasteiger partial charge in [-0.05, 0) is 6.07 Å². The average molecular weight is 278 g/mol. The Balaban J connectivity index is 2.06. The van der Waals surface area contributed by atoms with Gasteiger partial charge < -0.3 is 5.84 Å². The van der Waals surface area contributed by atoms with Crippen LogP contribution >= 0.6 is 0 Å². The lowest BCUT2D eigenvalue weighted by Gasteiger charge is -2.01. The van der Waals surface area contributed by atoms with Crippen LogP contribution < -0.4 is 11.4 Å². The Hall–Kier alpha value is -3.22. The van der Waals surface area contributed by atoms with Crippen molar-refractivity contribution in [1.82, 2.24) is 24.3 Å². The summed E-state index contributed by atoms with van der Waals surface area (Å²) in [5, 5.41) is 4.84. The van der Waals surface area contributed by atoms with Crippen molar-refractivity contribution < 1.29 is 0 Å². The van der Waals surface area contributed by atoms with Gasteiger partial charge in [-0.25, -0.2) is 9.66 Å². The summed E-state index contributed by atoms with van der Waals surface area (Å²) in [6, 6.07) is 11.3. The van der Waals surface area contributed by atoms with Crippen LogP contribution in [0.5, 0.6) is 0 Å². The fourth-order valence-corrected chi connectivity index (χ4v) is 2.24. The van der Waals surface area contributed by atoms with Crippen molar-refractivity contribution >= 4 is 16.7 Å². The highest BCUT2D eigenvalue weighted by Crippen LogP contribution is 2.17. The molecule has 0 aliphatic carbocycles. The van der Waals surface area contributed by atoms with E-state index in [1.54, 1.807) is 10.6 Å². The Morgan fingerprint density at radius 3 is 2.71 bits per heavy atom. The molecular formula is C14H10N6O. The minimum atomic E-state index is -0.321. The van der Waals surface area contributed by atoms with E-state index in [2.05, 4.69) is 15.1 Å². The largest absolute Gasteiger partial charge is 0.336 e. The lowest BCUT2D eigenvalue weighted by molar-refractivity contribution is 0.931. The number of benzene rings is 1. The number of hydrogen-bond donors (Lipinski definition) is 1. The molecule has 0 bridgehead atoms. The Labute approximate surface area is 118 Å². The highest BCUT2D eigenvalue weighted by molar-refractivity contribution is 5.79. The molecule has 7 heteroatoms. The predicted octanol–water partition coefficient (Wildman–Crippen LogP) is 0.820. The van der Waals surface area contributed by atoms with Crippen LogP contribution in [-0.2, 0) is 0 Å². The summed E-state index contributed by atoms with van der Waals surface area (Å²) >= 11 is 0. The standard InChI is InChI=1S/C14H10N6O/c15-19-7-6-11-10(13(19)21)8-16-14-17-12(18-20(11)14)9-4-2-1-3-5-9/h1-8H,15H2. The maximum atomic E-state index is 12.0. The summed E-state index contributed by atoms with van der Waals surface area (Å²) in [6.45, 7) is 0. The van der Waals surface area contributed by atoms with Crippen LogP contribution in [0.1, 0.15) is 0 Å². The summed E-state index contributed by atoms with van der Waals surface area (Å²) in [5.74, 6) is 6.56. The number of pyridine rings is 1. The first-order chi connectivity index (χ1) is 10.2. The Bertz CT molecular complexity index is 1020. The third-order valence-electron chi connectivity index (χ3n) is 3.29. The van der Waals surface area contributed by atoms with Gasteiger partial charge in [0.2, 0.25) is 0 Å². The average Bonchev–Trinajstić information content (AvgIpc) is 2.96. The zero-order chi connectivity index (χ0) is 14.4. The molecule has 102 valence electrons. The third-order valence-corrected chi connectivity index (χ3v) is 3.29. The van der Waals surface area contributed by atoms with E-state index in [0.29, 0.717) is 22.5 Å². The van der Waals surface area contributed by atoms with Gasteiger partial charge in [0, 0.05) is 18.0 Å². The normalized spacial score (nSPS) is 11.2. The van der Waals surface area contributed by atoms with Crippen LogP contribution in [0.4, 0.5) is 0 Å². The Kier molecular flexibility index (Phi) is 2.28. The molecule has 3 aromatic heterocycles. The van der Waals surface area contributed by atoms with Gasteiger partial charge in [0.1, 0.15) is 0 Å². The molecule has 4 aromatic rings. The van der Waals surface area contributed by atoms with E-state index >= 15 is 0 Å². The van der Waals surface area contributed by atoms with Gasteiger partial charge in [0.25, 0.3) is 11.3 Å². The van der Waals surface area contributed by atoms with E-state index in [0.717, 1.165) is 10.2 Å². The molecule has 1 aromatic carbocycles. The molecule has 0 radical (unpaired) electrons. The lowest BCUT2D eigenvalue weighted by atomic mass is 10.2. The fraction of sp³-hybridized carbons (Fsp3) is 0. The minimum Gasteiger partial charge on any atom is -0.336 e. The van der Waals surface area contributed by atoms with E-state index in [1.807, 2.05) is 30.3 Å². The Morgan fingerprint density at radius 1 is 1.10 bits per heavy atom. The van der Waals surface area contributed by atoms with Gasteiger partial charge >= 0.3 is 0 Å². The highest BCUT2D eigenvalue weighted by Gasteiger charge is 2.11. The summed E-state index contributed by atoms with van der Waals surface area (Å²) in [7, 11) is 0. The quantitative estimate of drug-likeness (QED) is 0.520. The smallest absolute Gasteiger partial charge is 0.279 e. The predicted molar refractivity (Wildman–Crippen MR) is 78.1 cm³/mol. The van der Waals surface area contributed by atoms with E-state index in [9.17, 15) is 4.79 Å². The van der Waals surface area contributed by atoms with Gasteiger partial charge in [0.05, 0.1) is 10.9 Å². The van der Waals surface area contributed by atoms with Crippen molar-refractivity contribution in [3.8, 4) is 11.4 Å². The second-order valence-electron chi connectivity index (χ2n) is 4.60. The van der Waals surface area contributed by atoms with Gasteiger partial charge in [0.15, 0.2) is 5.82 Å². The van der Waals surface area contributed by atoms with Crippen LogP contribution in [0.2, 0.25) is 0 Å². The summed E-state index contributed by atoms with van der Waals surface area (Å²) < 4.78 is 2.57. The lowest BCUT2D eigenvalue weighted by Crippen LogP contribution is -2.26. The zero-order valence-corrected chi connectivity index (χ0v) is 10.8. The molecule has 3 heterocycles. The number of rotatable bonds is 1. The number of nitrogens with zero attached hydrogens (tertiary/aromatic N) is 5. The number of hydrogen-bond acceptors (Lipinski definition) is 5. The molecule has 2 N–H and O–H groups in total. The molecule has 0 aliphatic rings. The zero-order valence-electron chi connectivity index (χ0n) is 10.8. The number of nitrogens with two attached hydrogens (primary N) is 1. The van der Waals surface area contributed by atoms with E-state index in [-0.39, 0.29) is 5.56 Å². The summed E-state index contributed by atoms with van der Waals surface area (Å²) in [6.07, 6.45) is 2.97. The number of aromatic nitrogens is 5. The van der Waals surface area contributed by atoms with Crippen LogP contribution in [0.25, 0.3) is 28.1 Å². The third kappa shape index (κ3) is 1.68. The second-order valence-corrected chi connectivity index (χ2v) is 4.60. The van der Waals surface area contributed by atoms with Crippen LogP contribution in [-0.4, -0.2) is 24.3 Å². The first kappa shape index (κ1) is 11.6. The monoisotopic (exact) mass is 278 g/mol. The van der Waals surface area contributed by atoms with Crippen LogP contribution in [0.15, 0.2) is 53.6 Å². The molecule has 21 heavy (non-hydrogen) atoms. The molecule has 0 unspecified atom stereocenters. The minimum absolute atomic E-state index is 0.321. The molecule has 7 nitrogen and oxygen atoms in total. The van der Waals surface area contributed by atoms with Crippen molar-refractivity contribution in [3.05, 3.63) is 59.1 Å². The molecule has 0 saturated carbocycles. The second kappa shape index (κ2) is 4.14. The molecule has 4 rings (SSSR count). The van der Waals surface area contributed by atoms with Crippen molar-refractivity contribution in [2.45, 2.75) is 0 Å². The van der Waals surface area contributed by atoms with Gasteiger partial charge in [-0.3, -0.25) is 4.79 Å². The molecule has 0 spiro atoms. The fourth-order valence-electron chi connectivity index (χ4n) is 2.24. The molecule has 0 fully saturated rings. The van der Waals surface area contributed by atoms with Crippen molar-refractivity contribution in [1.29, 1.82) is 0 Å². The maximum absolute atomic E-state index is 12.0. The molecule has 0 atom stereocenters. The van der Waals surface area contributed by atoms with Gasteiger partial charge in [-0.2, -0.15) is 9.50 Å². The van der Waals surface area contributed by atoms with Crippen LogP contribution in [0, 0.1) is 0 Å². The first-order valence-electron chi connectivity index (χ1n) is 6.32. The molecule has 0 saturated heterocycles. The summed E-state index contributed by atoms with van der Waals surface area (Å²) in [5.41, 5.74) is 1.20. The van der Waals surface area contributed by atoms with Gasteiger partial charge in [-0.15, -0.1) is 5.10 Å². The molecule has 0 amide bonds. The highest BCUT2D eigenvalue weighted by atomic mass is 16.1. The van der Waals surface area contributed by atoms with Crippen molar-refractivity contribution in [2.75, 3.05) is 5.84 Å². The first-order valence-corrected chi connectivity index (χ1v) is 6.32. The Morgan fingerprint density at radius 2 is 1.90 bits per heavy atom. The van der Waals surface area contributed by atoms with Crippen molar-refractivity contribution in [3.63, 3.8) is 0 Å². The molecule has 0 aliphatic heterocycles. The van der Waals surface area contributed by atoms with Crippen molar-refractivity contribution in [2.24, 2.45) is 0 Å². The number of fused-ring (bicyclic) bond motifs is 3. The summed E-state index contributed by atoms with van der Waals surface area (Å²) in [4.78, 5) is 20.5. The topological polar surface area (TPSA) is 91.1 Å². The van der Waals surface area contributed by atoms with E-state index in [1.165, 1.54) is 12.4 Å². The number of nitrogen functional groups attached to an aromatic ring is 1. The SMILES string of the molecule is Nn1ccc2c(cnc3nc(-c4ccccc4)nn32)c1=O. The van der Waals surface area contributed by atoms with E-state index < -0.39 is 0 Å². The maximum Gasteiger partial charge on any atom is 0.279 e.